The van der Waals surface area contributed by atoms with Crippen LogP contribution in [0.25, 0.3) is 16.7 Å². The second-order valence-electron chi connectivity index (χ2n) is 3.99. The summed E-state index contributed by atoms with van der Waals surface area (Å²) in [5, 5.41) is 9.24. The van der Waals surface area contributed by atoms with Crippen molar-refractivity contribution in [3.63, 3.8) is 0 Å². The van der Waals surface area contributed by atoms with E-state index in [4.69, 9.17) is 0 Å². The van der Waals surface area contributed by atoms with Crippen molar-refractivity contribution in [1.29, 1.82) is 0 Å². The van der Waals surface area contributed by atoms with E-state index in [1.165, 1.54) is 0 Å². The first kappa shape index (κ1) is 10.5. The van der Waals surface area contributed by atoms with Gasteiger partial charge in [0.2, 0.25) is 0 Å². The number of aromatic amines is 1. The van der Waals surface area contributed by atoms with Crippen molar-refractivity contribution in [3.8, 4) is 5.69 Å². The Labute approximate surface area is 102 Å². The molecule has 18 heavy (non-hydrogen) atoms. The number of imidazole rings is 2. The molecule has 6 heteroatoms. The molecule has 90 valence electrons. The fourth-order valence-electron chi connectivity index (χ4n) is 1.95. The fourth-order valence-corrected chi connectivity index (χ4v) is 1.95. The molecule has 0 aliphatic carbocycles. The summed E-state index contributed by atoms with van der Waals surface area (Å²) in [5.74, 6) is -0.302. The standard InChI is InChI=1S/C12H10N4O2/c1-7-14-10-5-8(16-3-2-13-6-16)4-9(12(17)18)11(10)15-7/h2-6H,1H3,(H,14,15)(H,17,18). The van der Waals surface area contributed by atoms with Crippen molar-refractivity contribution in [2.45, 2.75) is 6.92 Å². The third-order valence-corrected chi connectivity index (χ3v) is 2.72. The molecule has 0 aliphatic rings. The molecule has 0 amide bonds. The summed E-state index contributed by atoms with van der Waals surface area (Å²) >= 11 is 0. The molecule has 0 fully saturated rings. The zero-order valence-corrected chi connectivity index (χ0v) is 9.58. The molecular formula is C12H10N4O2. The van der Waals surface area contributed by atoms with Gasteiger partial charge in [-0.3, -0.25) is 0 Å². The van der Waals surface area contributed by atoms with Crippen LogP contribution in [0.3, 0.4) is 0 Å². The summed E-state index contributed by atoms with van der Waals surface area (Å²) in [6, 6.07) is 3.44. The van der Waals surface area contributed by atoms with Gasteiger partial charge in [0.1, 0.15) is 11.3 Å². The van der Waals surface area contributed by atoms with Crippen LogP contribution in [0.2, 0.25) is 0 Å². The largest absolute Gasteiger partial charge is 0.478 e. The van der Waals surface area contributed by atoms with Gasteiger partial charge in [0.15, 0.2) is 0 Å². The molecule has 0 aliphatic heterocycles. The lowest BCUT2D eigenvalue weighted by Crippen LogP contribution is -2.00. The summed E-state index contributed by atoms with van der Waals surface area (Å²) in [4.78, 5) is 22.5. The number of rotatable bonds is 2. The second-order valence-corrected chi connectivity index (χ2v) is 3.99. The Morgan fingerprint density at radius 2 is 2.28 bits per heavy atom. The molecule has 0 spiro atoms. The van der Waals surface area contributed by atoms with Crippen molar-refractivity contribution in [2.24, 2.45) is 0 Å². The summed E-state index contributed by atoms with van der Waals surface area (Å²) in [6.07, 6.45) is 5.02. The highest BCUT2D eigenvalue weighted by molar-refractivity contribution is 6.02. The van der Waals surface area contributed by atoms with E-state index in [1.54, 1.807) is 36.3 Å². The van der Waals surface area contributed by atoms with E-state index < -0.39 is 5.97 Å². The highest BCUT2D eigenvalue weighted by Crippen LogP contribution is 2.21. The number of aromatic carboxylic acids is 1. The normalized spacial score (nSPS) is 10.9. The minimum Gasteiger partial charge on any atom is -0.478 e. The molecule has 0 radical (unpaired) electrons. The van der Waals surface area contributed by atoms with Crippen molar-refractivity contribution in [2.75, 3.05) is 0 Å². The number of hydrogen-bond donors (Lipinski definition) is 2. The molecule has 2 N–H and O–H groups in total. The molecule has 0 saturated carbocycles. The van der Waals surface area contributed by atoms with Crippen LogP contribution in [-0.4, -0.2) is 30.6 Å². The Kier molecular flexibility index (Phi) is 2.16. The molecule has 6 nitrogen and oxygen atoms in total. The number of nitrogens with one attached hydrogen (secondary N) is 1. The molecule has 2 aromatic heterocycles. The first-order valence-corrected chi connectivity index (χ1v) is 5.37. The molecule has 0 saturated heterocycles. The van der Waals surface area contributed by atoms with Gasteiger partial charge in [-0.05, 0) is 19.1 Å². The maximum Gasteiger partial charge on any atom is 0.338 e. The van der Waals surface area contributed by atoms with Crippen molar-refractivity contribution in [1.82, 2.24) is 19.5 Å². The highest BCUT2D eigenvalue weighted by Gasteiger charge is 2.14. The van der Waals surface area contributed by atoms with Gasteiger partial charge in [-0.1, -0.05) is 0 Å². The van der Waals surface area contributed by atoms with Crippen LogP contribution >= 0.6 is 0 Å². The van der Waals surface area contributed by atoms with Crippen molar-refractivity contribution < 1.29 is 9.90 Å². The quantitative estimate of drug-likeness (QED) is 0.717. The van der Waals surface area contributed by atoms with Crippen LogP contribution in [0, 0.1) is 6.92 Å². The first-order valence-electron chi connectivity index (χ1n) is 5.37. The van der Waals surface area contributed by atoms with Gasteiger partial charge < -0.3 is 14.7 Å². The third-order valence-electron chi connectivity index (χ3n) is 2.72. The van der Waals surface area contributed by atoms with Crippen LogP contribution in [0.1, 0.15) is 16.2 Å². The zero-order valence-electron chi connectivity index (χ0n) is 9.58. The number of H-pyrrole nitrogens is 1. The predicted octanol–water partition coefficient (Wildman–Crippen LogP) is 1.76. The lowest BCUT2D eigenvalue weighted by molar-refractivity contribution is 0.0699. The van der Waals surface area contributed by atoms with Crippen molar-refractivity contribution in [3.05, 3.63) is 42.2 Å². The topological polar surface area (TPSA) is 83.8 Å². The van der Waals surface area contributed by atoms with Gasteiger partial charge in [0.05, 0.1) is 17.4 Å². The minimum atomic E-state index is -0.992. The number of nitrogens with zero attached hydrogens (tertiary/aromatic N) is 3. The molecule has 3 aromatic rings. The maximum atomic E-state index is 11.3. The minimum absolute atomic E-state index is 0.181. The lowest BCUT2D eigenvalue weighted by atomic mass is 10.1. The summed E-state index contributed by atoms with van der Waals surface area (Å²) in [6.45, 7) is 1.79. The smallest absolute Gasteiger partial charge is 0.338 e. The fraction of sp³-hybridized carbons (Fsp3) is 0.0833. The summed E-state index contributed by atoms with van der Waals surface area (Å²) in [5.41, 5.74) is 2.10. The summed E-state index contributed by atoms with van der Waals surface area (Å²) < 4.78 is 1.75. The van der Waals surface area contributed by atoms with Crippen LogP contribution < -0.4 is 0 Å². The Morgan fingerprint density at radius 1 is 1.44 bits per heavy atom. The van der Waals surface area contributed by atoms with Crippen LogP contribution in [0.4, 0.5) is 0 Å². The van der Waals surface area contributed by atoms with Gasteiger partial charge in [0, 0.05) is 18.1 Å². The second kappa shape index (κ2) is 3.69. The SMILES string of the molecule is Cc1nc2c(C(=O)O)cc(-n3ccnc3)cc2[nH]1. The van der Waals surface area contributed by atoms with Crippen LogP contribution in [0.15, 0.2) is 30.9 Å². The van der Waals surface area contributed by atoms with Crippen LogP contribution in [0.5, 0.6) is 0 Å². The van der Waals surface area contributed by atoms with Crippen LogP contribution in [-0.2, 0) is 0 Å². The molecular weight excluding hydrogens is 232 g/mol. The first-order chi connectivity index (χ1) is 8.65. The van der Waals surface area contributed by atoms with Gasteiger partial charge in [-0.25, -0.2) is 14.8 Å². The third kappa shape index (κ3) is 1.55. The molecule has 0 unspecified atom stereocenters. The average Bonchev–Trinajstić information content (AvgIpc) is 2.93. The van der Waals surface area contributed by atoms with Gasteiger partial charge in [0.25, 0.3) is 0 Å². The number of aryl methyl sites for hydroxylation is 1. The molecule has 2 heterocycles. The molecule has 0 bridgehead atoms. The number of aromatic nitrogens is 4. The van der Waals surface area contributed by atoms with E-state index in [0.29, 0.717) is 16.9 Å². The highest BCUT2D eigenvalue weighted by atomic mass is 16.4. The Morgan fingerprint density at radius 3 is 2.94 bits per heavy atom. The van der Waals surface area contributed by atoms with Gasteiger partial charge in [-0.15, -0.1) is 0 Å². The van der Waals surface area contributed by atoms with E-state index >= 15 is 0 Å². The van der Waals surface area contributed by atoms with E-state index in [-0.39, 0.29) is 5.56 Å². The van der Waals surface area contributed by atoms with Gasteiger partial charge >= 0.3 is 5.97 Å². The van der Waals surface area contributed by atoms with Gasteiger partial charge in [-0.2, -0.15) is 0 Å². The summed E-state index contributed by atoms with van der Waals surface area (Å²) in [7, 11) is 0. The predicted molar refractivity (Wildman–Crippen MR) is 64.9 cm³/mol. The Hall–Kier alpha value is -2.63. The average molecular weight is 242 g/mol. The number of carboxylic acid groups (broad SMARTS) is 1. The Balaban J connectivity index is 2.33. The molecule has 1 aromatic carbocycles. The van der Waals surface area contributed by atoms with E-state index in [0.717, 1.165) is 5.69 Å². The van der Waals surface area contributed by atoms with E-state index in [9.17, 15) is 9.90 Å². The number of carbonyl (C=O) groups is 1. The Bertz CT molecular complexity index is 728. The maximum absolute atomic E-state index is 11.3. The zero-order chi connectivity index (χ0) is 12.7. The van der Waals surface area contributed by atoms with Crippen molar-refractivity contribution >= 4 is 17.0 Å². The number of hydrogen-bond acceptors (Lipinski definition) is 3. The molecule has 3 rings (SSSR count). The number of benzene rings is 1. The van der Waals surface area contributed by atoms with E-state index in [2.05, 4.69) is 15.0 Å². The number of fused-ring (bicyclic) bond motifs is 1. The lowest BCUT2D eigenvalue weighted by Gasteiger charge is -2.04. The van der Waals surface area contributed by atoms with E-state index in [1.807, 2.05) is 6.07 Å². The molecule has 0 atom stereocenters. The monoisotopic (exact) mass is 242 g/mol. The number of carboxylic acids is 1.